The van der Waals surface area contributed by atoms with Crippen molar-refractivity contribution < 1.29 is 14.3 Å². The summed E-state index contributed by atoms with van der Waals surface area (Å²) >= 11 is 0. The summed E-state index contributed by atoms with van der Waals surface area (Å²) in [6.07, 6.45) is 3.03. The molecule has 0 aliphatic rings. The lowest BCUT2D eigenvalue weighted by Gasteiger charge is -2.09. The monoisotopic (exact) mass is 379 g/mol. The van der Waals surface area contributed by atoms with Gasteiger partial charge in [-0.25, -0.2) is 9.97 Å². The molecule has 3 N–H and O–H groups in total. The Bertz CT molecular complexity index is 1050. The third kappa shape index (κ3) is 4.35. The number of H-pyrrole nitrogens is 1. The Hall–Kier alpha value is -3.68. The molecule has 0 fully saturated rings. The SMILES string of the molecule is C=C(C)C(=O)Nc1cccc(Oc2cnc3[nH]cc(C(=O)NC(C)C)c3n2)c1. The minimum Gasteiger partial charge on any atom is -0.437 e. The Morgan fingerprint density at radius 3 is 2.79 bits per heavy atom. The maximum Gasteiger partial charge on any atom is 0.255 e. The van der Waals surface area contributed by atoms with Gasteiger partial charge in [-0.3, -0.25) is 9.59 Å². The van der Waals surface area contributed by atoms with Crippen LogP contribution in [-0.2, 0) is 4.79 Å². The van der Waals surface area contributed by atoms with Gasteiger partial charge in [0.15, 0.2) is 5.65 Å². The number of benzene rings is 1. The molecule has 0 aliphatic heterocycles. The van der Waals surface area contributed by atoms with Crippen LogP contribution in [0.25, 0.3) is 11.2 Å². The van der Waals surface area contributed by atoms with Crippen LogP contribution in [0.15, 0.2) is 48.8 Å². The molecule has 0 spiro atoms. The minimum atomic E-state index is -0.272. The molecule has 0 atom stereocenters. The molecule has 2 aromatic heterocycles. The molecule has 1 aromatic carbocycles. The number of ether oxygens (including phenoxy) is 1. The summed E-state index contributed by atoms with van der Waals surface area (Å²) < 4.78 is 5.76. The molecule has 8 heteroatoms. The molecule has 3 aromatic rings. The fourth-order valence-corrected chi connectivity index (χ4v) is 2.43. The predicted octanol–water partition coefficient (Wildman–Crippen LogP) is 3.40. The highest BCUT2D eigenvalue weighted by Gasteiger charge is 2.16. The van der Waals surface area contributed by atoms with Gasteiger partial charge in [0.25, 0.3) is 11.8 Å². The number of nitrogens with zero attached hydrogens (tertiary/aromatic N) is 2. The van der Waals surface area contributed by atoms with Crippen LogP contribution in [0.1, 0.15) is 31.1 Å². The topological polar surface area (TPSA) is 109 Å². The highest BCUT2D eigenvalue weighted by atomic mass is 16.5. The van der Waals surface area contributed by atoms with Crippen LogP contribution in [0.2, 0.25) is 0 Å². The van der Waals surface area contributed by atoms with Gasteiger partial charge in [0, 0.05) is 29.6 Å². The largest absolute Gasteiger partial charge is 0.437 e. The van der Waals surface area contributed by atoms with E-state index in [9.17, 15) is 9.59 Å². The fraction of sp³-hybridized carbons (Fsp3) is 0.200. The van der Waals surface area contributed by atoms with E-state index in [2.05, 4.69) is 32.2 Å². The molecule has 0 unspecified atom stereocenters. The highest BCUT2D eigenvalue weighted by Crippen LogP contribution is 2.25. The summed E-state index contributed by atoms with van der Waals surface area (Å²) in [7, 11) is 0. The van der Waals surface area contributed by atoms with Crippen LogP contribution >= 0.6 is 0 Å². The second-order valence-corrected chi connectivity index (χ2v) is 6.60. The summed E-state index contributed by atoms with van der Waals surface area (Å²) in [5.41, 5.74) is 2.27. The second kappa shape index (κ2) is 7.91. The lowest BCUT2D eigenvalue weighted by atomic mass is 10.2. The van der Waals surface area contributed by atoms with Gasteiger partial charge < -0.3 is 20.4 Å². The van der Waals surface area contributed by atoms with E-state index < -0.39 is 0 Å². The second-order valence-electron chi connectivity index (χ2n) is 6.60. The lowest BCUT2D eigenvalue weighted by Crippen LogP contribution is -2.29. The fourth-order valence-electron chi connectivity index (χ4n) is 2.43. The minimum absolute atomic E-state index is 0.00185. The first-order chi connectivity index (χ1) is 13.3. The van der Waals surface area contributed by atoms with E-state index in [1.807, 2.05) is 13.8 Å². The number of anilines is 1. The zero-order valence-corrected chi connectivity index (χ0v) is 15.9. The molecule has 144 valence electrons. The number of hydrogen-bond donors (Lipinski definition) is 3. The first-order valence-corrected chi connectivity index (χ1v) is 8.73. The smallest absolute Gasteiger partial charge is 0.255 e. The van der Waals surface area contributed by atoms with Crippen LogP contribution in [0.3, 0.4) is 0 Å². The molecule has 0 saturated carbocycles. The van der Waals surface area contributed by atoms with Crippen LogP contribution in [0.5, 0.6) is 11.6 Å². The molecule has 0 saturated heterocycles. The van der Waals surface area contributed by atoms with Crippen LogP contribution in [0, 0.1) is 0 Å². The number of fused-ring (bicyclic) bond motifs is 1. The molecular formula is C20H21N5O3. The molecule has 0 aliphatic carbocycles. The zero-order chi connectivity index (χ0) is 20.3. The van der Waals surface area contributed by atoms with E-state index >= 15 is 0 Å². The van der Waals surface area contributed by atoms with Gasteiger partial charge in [-0.1, -0.05) is 12.6 Å². The van der Waals surface area contributed by atoms with E-state index in [1.165, 1.54) is 6.20 Å². The summed E-state index contributed by atoms with van der Waals surface area (Å²) in [5, 5.41) is 5.55. The molecular weight excluding hydrogens is 358 g/mol. The third-order valence-corrected chi connectivity index (χ3v) is 3.73. The summed E-state index contributed by atoms with van der Waals surface area (Å²) in [5.74, 6) is 0.189. The molecule has 8 nitrogen and oxygen atoms in total. The van der Waals surface area contributed by atoms with E-state index in [4.69, 9.17) is 4.74 Å². The van der Waals surface area contributed by atoms with E-state index in [0.717, 1.165) is 0 Å². The summed E-state index contributed by atoms with van der Waals surface area (Å²) in [4.78, 5) is 35.7. The molecule has 0 radical (unpaired) electrons. The van der Waals surface area contributed by atoms with Crippen LogP contribution < -0.4 is 15.4 Å². The van der Waals surface area contributed by atoms with E-state index in [0.29, 0.717) is 33.7 Å². The number of hydrogen-bond acceptors (Lipinski definition) is 5. The Labute approximate surface area is 162 Å². The van der Waals surface area contributed by atoms with Gasteiger partial charge in [0.2, 0.25) is 5.88 Å². The van der Waals surface area contributed by atoms with Crippen LogP contribution in [-0.4, -0.2) is 32.8 Å². The zero-order valence-electron chi connectivity index (χ0n) is 15.9. The van der Waals surface area contributed by atoms with E-state index in [1.54, 1.807) is 37.4 Å². The Kier molecular flexibility index (Phi) is 5.39. The molecule has 2 heterocycles. The number of rotatable bonds is 6. The first kappa shape index (κ1) is 19.1. The van der Waals surface area contributed by atoms with Crippen molar-refractivity contribution in [2.24, 2.45) is 0 Å². The highest BCUT2D eigenvalue weighted by molar-refractivity contribution is 6.04. The van der Waals surface area contributed by atoms with Crippen molar-refractivity contribution in [3.63, 3.8) is 0 Å². The first-order valence-electron chi connectivity index (χ1n) is 8.73. The molecule has 28 heavy (non-hydrogen) atoms. The van der Waals surface area contributed by atoms with Crippen LogP contribution in [0.4, 0.5) is 5.69 Å². The van der Waals surface area contributed by atoms with Crippen molar-refractivity contribution in [1.82, 2.24) is 20.3 Å². The van der Waals surface area contributed by atoms with Gasteiger partial charge in [-0.15, -0.1) is 0 Å². The van der Waals surface area contributed by atoms with Crippen molar-refractivity contribution >= 4 is 28.7 Å². The van der Waals surface area contributed by atoms with Crippen molar-refractivity contribution in [2.75, 3.05) is 5.32 Å². The van der Waals surface area contributed by atoms with Crippen molar-refractivity contribution in [1.29, 1.82) is 0 Å². The maximum absolute atomic E-state index is 12.3. The van der Waals surface area contributed by atoms with Gasteiger partial charge in [0.1, 0.15) is 11.3 Å². The molecule has 0 bridgehead atoms. The number of nitrogens with one attached hydrogen (secondary N) is 3. The maximum atomic E-state index is 12.3. The number of carbonyl (C=O) groups excluding carboxylic acids is 2. The van der Waals surface area contributed by atoms with Gasteiger partial charge in [-0.05, 0) is 32.9 Å². The molecule has 2 amide bonds. The number of carbonyl (C=O) groups is 2. The van der Waals surface area contributed by atoms with Crippen molar-refractivity contribution in [3.8, 4) is 11.6 Å². The summed E-state index contributed by atoms with van der Waals surface area (Å²) in [6.45, 7) is 9.00. The lowest BCUT2D eigenvalue weighted by molar-refractivity contribution is -0.112. The number of amides is 2. The van der Waals surface area contributed by atoms with Gasteiger partial charge in [-0.2, -0.15) is 0 Å². The number of aromatic nitrogens is 3. The predicted molar refractivity (Wildman–Crippen MR) is 106 cm³/mol. The Morgan fingerprint density at radius 2 is 2.07 bits per heavy atom. The Balaban J connectivity index is 1.84. The molecule has 3 rings (SSSR count). The summed E-state index contributed by atoms with van der Waals surface area (Å²) in [6, 6.07) is 6.88. The average Bonchev–Trinajstić information content (AvgIpc) is 3.04. The third-order valence-electron chi connectivity index (χ3n) is 3.73. The van der Waals surface area contributed by atoms with E-state index in [-0.39, 0.29) is 23.7 Å². The Morgan fingerprint density at radius 1 is 1.29 bits per heavy atom. The van der Waals surface area contributed by atoms with Crippen molar-refractivity contribution in [3.05, 3.63) is 54.4 Å². The van der Waals surface area contributed by atoms with Gasteiger partial charge >= 0.3 is 0 Å². The number of aromatic amines is 1. The average molecular weight is 379 g/mol. The van der Waals surface area contributed by atoms with Crippen molar-refractivity contribution in [2.45, 2.75) is 26.8 Å². The standard InChI is InChI=1S/C20H21N5O3/c1-11(2)19(26)24-13-6-5-7-14(8-13)28-16-10-22-18-17(25-16)15(9-21-18)20(27)23-12(3)4/h5-10,12H,1H2,2-4H3,(H,21,22)(H,23,27)(H,24,26). The van der Waals surface area contributed by atoms with Gasteiger partial charge in [0.05, 0.1) is 11.8 Å². The normalized spacial score (nSPS) is 10.7. The quantitative estimate of drug-likeness (QED) is 0.569.